The first-order valence-corrected chi connectivity index (χ1v) is 10.0. The summed E-state index contributed by atoms with van der Waals surface area (Å²) in [4.78, 5) is -0.799. The van der Waals surface area contributed by atoms with Crippen molar-refractivity contribution >= 4 is 42.4 Å². The molecule has 0 spiro atoms. The summed E-state index contributed by atoms with van der Waals surface area (Å²) >= 11 is 0. The van der Waals surface area contributed by atoms with Gasteiger partial charge in [-0.15, -0.1) is 10.2 Å². The number of azo groups is 1. The zero-order valence-electron chi connectivity index (χ0n) is 13.0. The number of nitrogens with zero attached hydrogens (tertiary/aromatic N) is 2. The van der Waals surface area contributed by atoms with E-state index in [0.29, 0.717) is 10.8 Å². The van der Waals surface area contributed by atoms with Crippen molar-refractivity contribution in [3.05, 3.63) is 60.7 Å². The van der Waals surface area contributed by atoms with Gasteiger partial charge in [0.1, 0.15) is 10.6 Å². The van der Waals surface area contributed by atoms with Gasteiger partial charge in [0.25, 0.3) is 20.2 Å². The SMILES string of the molecule is O=S(=O)(O)c1cc(N=Nc2ccccc2S(=O)(=O)O)c2ccccc2c1. The first-order chi connectivity index (χ1) is 12.2. The van der Waals surface area contributed by atoms with Crippen LogP contribution in [0.4, 0.5) is 11.4 Å². The maximum atomic E-state index is 11.5. The van der Waals surface area contributed by atoms with E-state index in [9.17, 15) is 25.9 Å². The lowest BCUT2D eigenvalue weighted by molar-refractivity contribution is 0.481. The molecule has 0 amide bonds. The van der Waals surface area contributed by atoms with Crippen molar-refractivity contribution in [2.45, 2.75) is 9.79 Å². The molecule has 0 aliphatic rings. The van der Waals surface area contributed by atoms with E-state index in [-0.39, 0.29) is 16.3 Å². The van der Waals surface area contributed by atoms with Crippen LogP contribution >= 0.6 is 0 Å². The Morgan fingerprint density at radius 1 is 0.692 bits per heavy atom. The average molecular weight is 392 g/mol. The first kappa shape index (κ1) is 18.1. The lowest BCUT2D eigenvalue weighted by Crippen LogP contribution is -1.98. The highest BCUT2D eigenvalue weighted by atomic mass is 32.2. The largest absolute Gasteiger partial charge is 0.296 e. The van der Waals surface area contributed by atoms with Gasteiger partial charge in [0.2, 0.25) is 0 Å². The minimum Gasteiger partial charge on any atom is -0.282 e. The molecule has 0 aliphatic heterocycles. The molecule has 3 rings (SSSR count). The maximum Gasteiger partial charge on any atom is 0.296 e. The van der Waals surface area contributed by atoms with Gasteiger partial charge in [-0.1, -0.05) is 36.4 Å². The Bertz CT molecular complexity index is 1230. The van der Waals surface area contributed by atoms with Gasteiger partial charge in [0.15, 0.2) is 0 Å². The van der Waals surface area contributed by atoms with Gasteiger partial charge in [-0.2, -0.15) is 16.8 Å². The molecule has 10 heteroatoms. The lowest BCUT2D eigenvalue weighted by atomic mass is 10.1. The van der Waals surface area contributed by atoms with E-state index in [1.807, 2.05) is 0 Å². The van der Waals surface area contributed by atoms with Crippen molar-refractivity contribution in [2.24, 2.45) is 10.2 Å². The zero-order chi connectivity index (χ0) is 18.9. The molecular formula is C16H12N2O6S2. The monoisotopic (exact) mass is 392 g/mol. The fourth-order valence-corrected chi connectivity index (χ4v) is 3.52. The molecule has 0 atom stereocenters. The first-order valence-electron chi connectivity index (χ1n) is 7.15. The minimum atomic E-state index is -4.50. The molecule has 8 nitrogen and oxygen atoms in total. The maximum absolute atomic E-state index is 11.5. The topological polar surface area (TPSA) is 133 Å². The van der Waals surface area contributed by atoms with Gasteiger partial charge in [-0.25, -0.2) is 0 Å². The summed E-state index contributed by atoms with van der Waals surface area (Å²) in [5.41, 5.74) is -0.00259. The molecular weight excluding hydrogens is 380 g/mol. The molecule has 0 radical (unpaired) electrons. The second-order valence-corrected chi connectivity index (χ2v) is 8.09. The zero-order valence-corrected chi connectivity index (χ0v) is 14.6. The number of hydrogen-bond acceptors (Lipinski definition) is 6. The molecule has 0 bridgehead atoms. The van der Waals surface area contributed by atoms with Crippen molar-refractivity contribution in [1.29, 1.82) is 0 Å². The third-order valence-electron chi connectivity index (χ3n) is 3.52. The Morgan fingerprint density at radius 3 is 2.00 bits per heavy atom. The molecule has 2 N–H and O–H groups in total. The summed E-state index contributed by atoms with van der Waals surface area (Å²) in [7, 11) is -8.97. The van der Waals surface area contributed by atoms with E-state index in [0.717, 1.165) is 12.1 Å². The molecule has 0 aliphatic carbocycles. The van der Waals surface area contributed by atoms with Crippen LogP contribution in [0.5, 0.6) is 0 Å². The van der Waals surface area contributed by atoms with Crippen molar-refractivity contribution in [1.82, 2.24) is 0 Å². The third-order valence-corrected chi connectivity index (χ3v) is 5.25. The second-order valence-electron chi connectivity index (χ2n) is 5.28. The summed E-state index contributed by atoms with van der Waals surface area (Å²) in [6.07, 6.45) is 0. The van der Waals surface area contributed by atoms with E-state index < -0.39 is 25.1 Å². The van der Waals surface area contributed by atoms with Gasteiger partial charge in [0.05, 0.1) is 10.6 Å². The molecule has 0 fully saturated rings. The molecule has 0 unspecified atom stereocenters. The van der Waals surface area contributed by atoms with Crippen LogP contribution in [0, 0.1) is 0 Å². The van der Waals surface area contributed by atoms with Crippen LogP contribution in [0.3, 0.4) is 0 Å². The Balaban J connectivity index is 2.20. The van der Waals surface area contributed by atoms with Gasteiger partial charge in [-0.05, 0) is 29.7 Å². The van der Waals surface area contributed by atoms with Gasteiger partial charge in [0, 0.05) is 5.39 Å². The second kappa shape index (κ2) is 6.57. The molecule has 0 saturated heterocycles. The van der Waals surface area contributed by atoms with E-state index in [1.165, 1.54) is 24.3 Å². The lowest BCUT2D eigenvalue weighted by Gasteiger charge is -2.05. The Kier molecular flexibility index (Phi) is 4.59. The average Bonchev–Trinajstić information content (AvgIpc) is 2.58. The van der Waals surface area contributed by atoms with Crippen molar-refractivity contribution in [3.63, 3.8) is 0 Å². The highest BCUT2D eigenvalue weighted by molar-refractivity contribution is 7.86. The molecule has 134 valence electrons. The van der Waals surface area contributed by atoms with Crippen LogP contribution < -0.4 is 0 Å². The van der Waals surface area contributed by atoms with E-state index >= 15 is 0 Å². The molecule has 3 aromatic carbocycles. The van der Waals surface area contributed by atoms with E-state index in [4.69, 9.17) is 0 Å². The van der Waals surface area contributed by atoms with E-state index in [2.05, 4.69) is 10.2 Å². The predicted octanol–water partition coefficient (Wildman–Crippen LogP) is 3.75. The molecule has 0 saturated carbocycles. The fraction of sp³-hybridized carbons (Fsp3) is 0. The van der Waals surface area contributed by atoms with Crippen molar-refractivity contribution in [2.75, 3.05) is 0 Å². The highest BCUT2D eigenvalue weighted by Crippen LogP contribution is 2.32. The molecule has 3 aromatic rings. The fourth-order valence-electron chi connectivity index (χ4n) is 2.36. The Labute approximate surface area is 149 Å². The van der Waals surface area contributed by atoms with E-state index in [1.54, 1.807) is 24.3 Å². The van der Waals surface area contributed by atoms with Crippen LogP contribution in [0.2, 0.25) is 0 Å². The summed E-state index contributed by atoms with van der Waals surface area (Å²) in [6, 6.07) is 14.5. The predicted molar refractivity (Wildman–Crippen MR) is 94.2 cm³/mol. The standard InChI is InChI=1S/C16H12N2O6S2/c19-25(20,21)12-9-11-5-1-2-6-13(11)15(10-12)18-17-14-7-3-4-8-16(14)26(22,23)24/h1-10H,(H,19,20,21)(H,22,23,24). The molecule has 0 aromatic heterocycles. The van der Waals surface area contributed by atoms with Crippen LogP contribution in [-0.4, -0.2) is 25.9 Å². The Morgan fingerprint density at radius 2 is 1.31 bits per heavy atom. The van der Waals surface area contributed by atoms with Crippen molar-refractivity contribution < 1.29 is 25.9 Å². The van der Waals surface area contributed by atoms with Crippen LogP contribution in [-0.2, 0) is 20.2 Å². The van der Waals surface area contributed by atoms with Crippen molar-refractivity contribution in [3.8, 4) is 0 Å². The smallest absolute Gasteiger partial charge is 0.282 e. The summed E-state index contributed by atoms with van der Waals surface area (Å²) in [5.74, 6) is 0. The van der Waals surface area contributed by atoms with Crippen LogP contribution in [0.15, 0.2) is 80.7 Å². The normalized spacial score (nSPS) is 12.7. The van der Waals surface area contributed by atoms with Crippen LogP contribution in [0.25, 0.3) is 10.8 Å². The molecule has 26 heavy (non-hydrogen) atoms. The number of hydrogen-bond donors (Lipinski definition) is 2. The number of fused-ring (bicyclic) bond motifs is 1. The van der Waals surface area contributed by atoms with Gasteiger partial charge >= 0.3 is 0 Å². The summed E-state index contributed by atoms with van der Waals surface area (Å²) in [6.45, 7) is 0. The minimum absolute atomic E-state index is 0.112. The van der Waals surface area contributed by atoms with Gasteiger partial charge < -0.3 is 0 Å². The Hall–Kier alpha value is -2.66. The van der Waals surface area contributed by atoms with Crippen LogP contribution in [0.1, 0.15) is 0 Å². The third kappa shape index (κ3) is 3.78. The summed E-state index contributed by atoms with van der Waals surface area (Å²) in [5, 5.41) is 8.80. The molecule has 0 heterocycles. The van der Waals surface area contributed by atoms with Gasteiger partial charge in [-0.3, -0.25) is 9.11 Å². The number of benzene rings is 3. The summed E-state index contributed by atoms with van der Waals surface area (Å²) < 4.78 is 64.3. The quantitative estimate of drug-likeness (QED) is 0.513. The highest BCUT2D eigenvalue weighted by Gasteiger charge is 2.16. The number of rotatable bonds is 4.